The van der Waals surface area contributed by atoms with Crippen molar-refractivity contribution in [2.24, 2.45) is 0 Å². The number of aromatic nitrogens is 1. The molecule has 1 radical (unpaired) electrons. The number of pyridine rings is 1. The molecule has 199 valence electrons. The van der Waals surface area contributed by atoms with E-state index in [0.29, 0.717) is 5.92 Å². The molecule has 0 saturated carbocycles. The van der Waals surface area contributed by atoms with Gasteiger partial charge in [0.2, 0.25) is 0 Å². The topological polar surface area (TPSA) is 63.3 Å². The van der Waals surface area contributed by atoms with E-state index in [9.17, 15) is 4.79 Å². The van der Waals surface area contributed by atoms with Crippen LogP contribution in [0.3, 0.4) is 0 Å². The minimum absolute atomic E-state index is 0. The molecule has 6 heteroatoms. The second-order valence-corrected chi connectivity index (χ2v) is 10.7. The van der Waals surface area contributed by atoms with E-state index in [2.05, 4.69) is 68.4 Å². The molecule has 3 aromatic carbocycles. The van der Waals surface area contributed by atoms with Gasteiger partial charge in [-0.3, -0.25) is 4.79 Å². The van der Waals surface area contributed by atoms with E-state index in [0.717, 1.165) is 33.2 Å². The number of aliphatic hydroxyl groups excluding tert-OH is 1. The Morgan fingerprint density at radius 1 is 1.03 bits per heavy atom. The van der Waals surface area contributed by atoms with Gasteiger partial charge in [0.05, 0.1) is 16.0 Å². The summed E-state index contributed by atoms with van der Waals surface area (Å²) in [4.78, 5) is 16.0. The largest absolute Gasteiger partial charge is 0.512 e. The first-order valence-corrected chi connectivity index (χ1v) is 13.3. The molecular weight excluding hydrogens is 683 g/mol. The zero-order valence-corrected chi connectivity index (χ0v) is 25.3. The first-order chi connectivity index (χ1) is 18.3. The number of furan rings is 1. The number of fused-ring (bicyclic) bond motifs is 4. The first kappa shape index (κ1) is 28.4. The molecule has 0 aliphatic heterocycles. The molecule has 1 N–H and O–H groups in total. The van der Waals surface area contributed by atoms with Crippen LogP contribution in [-0.2, 0) is 24.9 Å². The standard InChI is InChI=1S/C28H20NOS.C5H8O2.Ir/c1-17(2)18-10-12-19(13-11-18)26-15-20-14-24(29-16-27(20)31-26)23-8-5-7-22-21-6-3-4-9-25(21)30-28(22)23;1-4(6)3-5(2)7;/h3-7,9-17H,1-2H3;3,6H,1-2H3;/q-1;;/b;4-3-;. The van der Waals surface area contributed by atoms with Crippen molar-refractivity contribution in [3.63, 3.8) is 0 Å². The van der Waals surface area contributed by atoms with Gasteiger partial charge in [-0.1, -0.05) is 73.3 Å². The van der Waals surface area contributed by atoms with Crippen LogP contribution < -0.4 is 0 Å². The number of ketones is 1. The Balaban J connectivity index is 0.000000394. The number of para-hydroxylation sites is 1. The molecule has 0 atom stereocenters. The molecule has 0 fully saturated rings. The maximum atomic E-state index is 10.0. The van der Waals surface area contributed by atoms with E-state index in [1.54, 1.807) is 11.3 Å². The van der Waals surface area contributed by atoms with E-state index in [1.165, 1.54) is 46.0 Å². The molecule has 0 saturated heterocycles. The van der Waals surface area contributed by atoms with E-state index >= 15 is 0 Å². The number of allylic oxidation sites excluding steroid dienone is 2. The fraction of sp³-hybridized carbons (Fsp3) is 0.152. The third kappa shape index (κ3) is 6.20. The van der Waals surface area contributed by atoms with E-state index in [1.807, 2.05) is 30.5 Å². The van der Waals surface area contributed by atoms with Gasteiger partial charge in [-0.05, 0) is 54.1 Å². The van der Waals surface area contributed by atoms with Crippen molar-refractivity contribution in [3.05, 3.63) is 102 Å². The van der Waals surface area contributed by atoms with Gasteiger partial charge in [-0.15, -0.1) is 29.5 Å². The molecule has 0 unspecified atom stereocenters. The third-order valence-electron chi connectivity index (χ3n) is 6.27. The maximum absolute atomic E-state index is 10.0. The predicted molar refractivity (Wildman–Crippen MR) is 158 cm³/mol. The molecule has 4 nitrogen and oxygen atoms in total. The Bertz CT molecular complexity index is 1790. The minimum atomic E-state index is -0.125. The number of thiophene rings is 1. The van der Waals surface area contributed by atoms with Crippen molar-refractivity contribution in [1.82, 2.24) is 4.98 Å². The summed E-state index contributed by atoms with van der Waals surface area (Å²) in [5, 5.41) is 11.8. The van der Waals surface area contributed by atoms with Crippen LogP contribution in [0.4, 0.5) is 0 Å². The van der Waals surface area contributed by atoms with Crippen molar-refractivity contribution < 1.29 is 34.4 Å². The van der Waals surface area contributed by atoms with Crippen LogP contribution in [0.5, 0.6) is 0 Å². The summed E-state index contributed by atoms with van der Waals surface area (Å²) in [5.41, 5.74) is 6.14. The zero-order chi connectivity index (χ0) is 26.8. The Kier molecular flexibility index (Phi) is 8.81. The van der Waals surface area contributed by atoms with Gasteiger partial charge in [0.1, 0.15) is 5.58 Å². The fourth-order valence-corrected chi connectivity index (χ4v) is 5.45. The third-order valence-corrected chi connectivity index (χ3v) is 7.41. The summed E-state index contributed by atoms with van der Waals surface area (Å²) < 4.78 is 7.37. The van der Waals surface area contributed by atoms with Gasteiger partial charge >= 0.3 is 0 Å². The van der Waals surface area contributed by atoms with Crippen LogP contribution in [-0.4, -0.2) is 15.9 Å². The van der Waals surface area contributed by atoms with Crippen molar-refractivity contribution in [2.75, 3.05) is 0 Å². The summed E-state index contributed by atoms with van der Waals surface area (Å²) in [6.07, 6.45) is 3.14. The van der Waals surface area contributed by atoms with Gasteiger partial charge in [0.15, 0.2) is 5.78 Å². The molecule has 39 heavy (non-hydrogen) atoms. The summed E-state index contributed by atoms with van der Waals surface area (Å²) in [6.45, 7) is 7.30. The fourth-order valence-electron chi connectivity index (χ4n) is 4.43. The van der Waals surface area contributed by atoms with Crippen LogP contribution in [0.2, 0.25) is 0 Å². The Labute approximate surface area is 245 Å². The minimum Gasteiger partial charge on any atom is -0.512 e. The van der Waals surface area contributed by atoms with E-state index in [-0.39, 0.29) is 31.6 Å². The number of hydrogen-bond donors (Lipinski definition) is 1. The molecule has 6 rings (SSSR count). The number of benzene rings is 3. The van der Waals surface area contributed by atoms with Gasteiger partial charge in [-0.25, -0.2) is 0 Å². The van der Waals surface area contributed by atoms with Crippen molar-refractivity contribution in [3.8, 4) is 21.7 Å². The molecule has 0 spiro atoms. The van der Waals surface area contributed by atoms with Crippen LogP contribution >= 0.6 is 11.3 Å². The SMILES string of the molecule is CC(=O)/C=C(/C)O.CC(C)c1ccc(-c2cc3cc(-c4[c-]ccc5c4oc4ccccc45)ncc3s2)cc1.[Ir]. The summed E-state index contributed by atoms with van der Waals surface area (Å²) in [6, 6.07) is 28.8. The number of rotatable bonds is 4. The number of carbonyl (C=O) groups excluding carboxylic acids is 1. The van der Waals surface area contributed by atoms with Gasteiger partial charge in [0.25, 0.3) is 0 Å². The number of aliphatic hydroxyl groups is 1. The quantitative estimate of drug-likeness (QED) is 0.113. The van der Waals surface area contributed by atoms with E-state index in [4.69, 9.17) is 14.5 Å². The zero-order valence-electron chi connectivity index (χ0n) is 22.1. The first-order valence-electron chi connectivity index (χ1n) is 12.5. The Morgan fingerprint density at radius 2 is 1.77 bits per heavy atom. The molecule has 0 aliphatic rings. The maximum Gasteiger partial charge on any atom is 0.155 e. The van der Waals surface area contributed by atoms with Gasteiger partial charge in [-0.2, -0.15) is 0 Å². The Morgan fingerprint density at radius 3 is 2.44 bits per heavy atom. The molecule has 0 aliphatic carbocycles. The molecule has 3 aromatic heterocycles. The second-order valence-electron chi connectivity index (χ2n) is 9.58. The van der Waals surface area contributed by atoms with Gasteiger partial charge < -0.3 is 14.5 Å². The number of hydrogen-bond acceptors (Lipinski definition) is 5. The second kappa shape index (κ2) is 12.1. The predicted octanol–water partition coefficient (Wildman–Crippen LogP) is 9.49. The molecule has 0 amide bonds. The molecule has 6 aromatic rings. The molecule has 0 bridgehead atoms. The molecular formula is C33H28IrNO3S-. The van der Waals surface area contributed by atoms with Crippen LogP contribution in [0, 0.1) is 6.07 Å². The van der Waals surface area contributed by atoms with Crippen molar-refractivity contribution >= 4 is 49.1 Å². The van der Waals surface area contributed by atoms with Gasteiger partial charge in [0, 0.05) is 42.6 Å². The number of nitrogens with zero attached hydrogens (tertiary/aromatic N) is 1. The average molecular weight is 711 g/mol. The van der Waals surface area contributed by atoms with Crippen molar-refractivity contribution in [1.29, 1.82) is 0 Å². The summed E-state index contributed by atoms with van der Waals surface area (Å²) >= 11 is 1.78. The van der Waals surface area contributed by atoms with Crippen LogP contribution in [0.1, 0.15) is 39.2 Å². The smallest absolute Gasteiger partial charge is 0.155 e. The Hall–Kier alpha value is -3.57. The monoisotopic (exact) mass is 711 g/mol. The summed E-state index contributed by atoms with van der Waals surface area (Å²) in [7, 11) is 0. The summed E-state index contributed by atoms with van der Waals surface area (Å²) in [5.74, 6) is 0.480. The van der Waals surface area contributed by atoms with Crippen LogP contribution in [0.15, 0.2) is 95.2 Å². The molecule has 3 heterocycles. The normalized spacial score (nSPS) is 11.5. The number of carbonyl (C=O) groups is 1. The van der Waals surface area contributed by atoms with Crippen LogP contribution in [0.25, 0.3) is 53.7 Å². The van der Waals surface area contributed by atoms with Crippen molar-refractivity contribution in [2.45, 2.75) is 33.6 Å². The average Bonchev–Trinajstić information content (AvgIpc) is 3.49. The van der Waals surface area contributed by atoms with E-state index < -0.39 is 0 Å².